The third-order valence-electron chi connectivity index (χ3n) is 4.59. The van der Waals surface area contributed by atoms with Crippen LogP contribution >= 0.6 is 0 Å². The molecule has 2 aliphatic carbocycles. The van der Waals surface area contributed by atoms with Crippen molar-refractivity contribution in [1.82, 2.24) is 4.98 Å². The Morgan fingerprint density at radius 2 is 2.25 bits per heavy atom. The van der Waals surface area contributed by atoms with Crippen molar-refractivity contribution < 1.29 is 9.90 Å². The number of rotatable bonds is 3. The van der Waals surface area contributed by atoms with E-state index in [1.54, 1.807) is 0 Å². The molecule has 1 aromatic heterocycles. The number of aromatic carboxylic acids is 1. The molecule has 0 radical (unpaired) electrons. The van der Waals surface area contributed by atoms with E-state index < -0.39 is 5.97 Å². The topological polar surface area (TPSA) is 62.2 Å². The number of anilines is 1. The lowest BCUT2D eigenvalue weighted by molar-refractivity contribution is 0.0697. The summed E-state index contributed by atoms with van der Waals surface area (Å²) in [6, 6.07) is 2.16. The molecular weight excluding hydrogens is 252 g/mol. The maximum Gasteiger partial charge on any atom is 0.339 e. The molecule has 1 heterocycles. The highest BCUT2D eigenvalue weighted by Crippen LogP contribution is 2.38. The highest BCUT2D eigenvalue weighted by molar-refractivity contribution is 5.93. The molecule has 0 amide bonds. The Kier molecular flexibility index (Phi) is 3.19. The first-order valence-corrected chi connectivity index (χ1v) is 7.47. The van der Waals surface area contributed by atoms with E-state index in [0.717, 1.165) is 43.4 Å². The molecule has 1 unspecified atom stereocenters. The second kappa shape index (κ2) is 4.76. The van der Waals surface area contributed by atoms with Crippen molar-refractivity contribution in [3.05, 3.63) is 22.9 Å². The molecule has 2 aliphatic rings. The van der Waals surface area contributed by atoms with Gasteiger partial charge in [-0.25, -0.2) is 9.78 Å². The minimum Gasteiger partial charge on any atom is -0.478 e. The van der Waals surface area contributed by atoms with Gasteiger partial charge < -0.3 is 10.4 Å². The molecule has 0 aromatic carbocycles. The van der Waals surface area contributed by atoms with Crippen LogP contribution in [0.4, 0.5) is 5.82 Å². The molecule has 1 aromatic rings. The number of pyridine rings is 1. The van der Waals surface area contributed by atoms with Gasteiger partial charge in [-0.2, -0.15) is 0 Å². The largest absolute Gasteiger partial charge is 0.478 e. The highest BCUT2D eigenvalue weighted by Gasteiger charge is 2.32. The number of hydrogen-bond donors (Lipinski definition) is 2. The summed E-state index contributed by atoms with van der Waals surface area (Å²) < 4.78 is 0. The number of hydrogen-bond acceptors (Lipinski definition) is 3. The number of nitrogens with one attached hydrogen (secondary N) is 1. The number of carbonyl (C=O) groups is 1. The smallest absolute Gasteiger partial charge is 0.339 e. The van der Waals surface area contributed by atoms with Gasteiger partial charge in [0.15, 0.2) is 0 Å². The van der Waals surface area contributed by atoms with E-state index in [-0.39, 0.29) is 0 Å². The van der Waals surface area contributed by atoms with Gasteiger partial charge in [0.1, 0.15) is 11.4 Å². The Bertz CT molecular complexity index is 552. The molecule has 0 bridgehead atoms. The van der Waals surface area contributed by atoms with Crippen LogP contribution in [-0.2, 0) is 12.8 Å². The van der Waals surface area contributed by atoms with E-state index in [2.05, 4.69) is 24.1 Å². The van der Waals surface area contributed by atoms with Crippen molar-refractivity contribution in [2.75, 3.05) is 5.32 Å². The SMILES string of the molecule is CC1(C)CCC(Nc2nc3c(cc2C(=O)O)CCC3)C1. The average Bonchev–Trinajstić information content (AvgIpc) is 2.94. The molecule has 1 atom stereocenters. The normalized spacial score (nSPS) is 23.6. The fraction of sp³-hybridized carbons (Fsp3) is 0.625. The van der Waals surface area contributed by atoms with Crippen LogP contribution in [0.15, 0.2) is 6.07 Å². The maximum absolute atomic E-state index is 11.4. The molecule has 0 spiro atoms. The molecule has 2 N–H and O–H groups in total. The van der Waals surface area contributed by atoms with Crippen molar-refractivity contribution in [1.29, 1.82) is 0 Å². The summed E-state index contributed by atoms with van der Waals surface area (Å²) >= 11 is 0. The monoisotopic (exact) mass is 274 g/mol. The second-order valence-corrected chi connectivity index (χ2v) is 6.90. The Balaban J connectivity index is 1.87. The average molecular weight is 274 g/mol. The summed E-state index contributed by atoms with van der Waals surface area (Å²) in [5.74, 6) is -0.312. The van der Waals surface area contributed by atoms with Gasteiger partial charge >= 0.3 is 5.97 Å². The summed E-state index contributed by atoms with van der Waals surface area (Å²) in [6.45, 7) is 4.53. The lowest BCUT2D eigenvalue weighted by Gasteiger charge is -2.19. The quantitative estimate of drug-likeness (QED) is 0.888. The first-order valence-electron chi connectivity index (χ1n) is 7.47. The Labute approximate surface area is 119 Å². The molecule has 3 rings (SSSR count). The zero-order chi connectivity index (χ0) is 14.3. The third-order valence-corrected chi connectivity index (χ3v) is 4.59. The van der Waals surface area contributed by atoms with Crippen LogP contribution in [0.5, 0.6) is 0 Å². The first-order chi connectivity index (χ1) is 9.44. The first kappa shape index (κ1) is 13.4. The Morgan fingerprint density at radius 3 is 2.90 bits per heavy atom. The number of nitrogens with zero attached hydrogens (tertiary/aromatic N) is 1. The molecule has 4 nitrogen and oxygen atoms in total. The van der Waals surface area contributed by atoms with Gasteiger partial charge in [-0.15, -0.1) is 0 Å². The summed E-state index contributed by atoms with van der Waals surface area (Å²) in [5, 5.41) is 12.8. The van der Waals surface area contributed by atoms with Crippen LogP contribution in [0.3, 0.4) is 0 Å². The van der Waals surface area contributed by atoms with Gasteiger partial charge in [0.05, 0.1) is 0 Å². The number of carboxylic acid groups (broad SMARTS) is 1. The number of carboxylic acids is 1. The van der Waals surface area contributed by atoms with Crippen LogP contribution in [0.2, 0.25) is 0 Å². The lowest BCUT2D eigenvalue weighted by Crippen LogP contribution is -2.21. The lowest BCUT2D eigenvalue weighted by atomic mass is 9.92. The predicted octanol–water partition coefficient (Wildman–Crippen LogP) is 3.26. The van der Waals surface area contributed by atoms with Gasteiger partial charge in [-0.1, -0.05) is 13.8 Å². The predicted molar refractivity (Wildman–Crippen MR) is 78.3 cm³/mol. The second-order valence-electron chi connectivity index (χ2n) is 6.90. The molecule has 4 heteroatoms. The zero-order valence-electron chi connectivity index (χ0n) is 12.2. The van der Waals surface area contributed by atoms with Crippen molar-refractivity contribution in [3.63, 3.8) is 0 Å². The fourth-order valence-corrected chi connectivity index (χ4v) is 3.50. The van der Waals surface area contributed by atoms with E-state index >= 15 is 0 Å². The van der Waals surface area contributed by atoms with E-state index in [4.69, 9.17) is 0 Å². The molecule has 0 aliphatic heterocycles. The van der Waals surface area contributed by atoms with E-state index in [0.29, 0.717) is 22.8 Å². The fourth-order valence-electron chi connectivity index (χ4n) is 3.50. The van der Waals surface area contributed by atoms with Crippen LogP contribution in [0.25, 0.3) is 0 Å². The van der Waals surface area contributed by atoms with Gasteiger partial charge in [0.25, 0.3) is 0 Å². The summed E-state index contributed by atoms with van der Waals surface area (Å²) in [7, 11) is 0. The molecule has 108 valence electrons. The van der Waals surface area contributed by atoms with Crippen LogP contribution in [0.1, 0.15) is 61.1 Å². The van der Waals surface area contributed by atoms with E-state index in [1.807, 2.05) is 6.07 Å². The number of aryl methyl sites for hydroxylation is 2. The van der Waals surface area contributed by atoms with E-state index in [1.165, 1.54) is 6.42 Å². The number of fused-ring (bicyclic) bond motifs is 1. The van der Waals surface area contributed by atoms with Crippen molar-refractivity contribution in [2.45, 2.75) is 58.4 Å². The van der Waals surface area contributed by atoms with Crippen molar-refractivity contribution in [3.8, 4) is 0 Å². The van der Waals surface area contributed by atoms with Gasteiger partial charge in [-0.05, 0) is 55.6 Å². The summed E-state index contributed by atoms with van der Waals surface area (Å²) in [5.41, 5.74) is 2.86. The third kappa shape index (κ3) is 2.51. The van der Waals surface area contributed by atoms with Gasteiger partial charge in [0.2, 0.25) is 0 Å². The number of aromatic nitrogens is 1. The molecule has 0 saturated heterocycles. The van der Waals surface area contributed by atoms with Gasteiger partial charge in [-0.3, -0.25) is 0 Å². The van der Waals surface area contributed by atoms with Crippen molar-refractivity contribution >= 4 is 11.8 Å². The highest BCUT2D eigenvalue weighted by atomic mass is 16.4. The van der Waals surface area contributed by atoms with Crippen LogP contribution in [-0.4, -0.2) is 22.1 Å². The zero-order valence-corrected chi connectivity index (χ0v) is 12.2. The van der Waals surface area contributed by atoms with E-state index in [9.17, 15) is 9.90 Å². The standard InChI is InChI=1S/C16H22N2O2/c1-16(2)7-6-11(9-16)17-14-12(15(19)20)8-10-4-3-5-13(10)18-14/h8,11H,3-7,9H2,1-2H3,(H,17,18)(H,19,20). The minimum absolute atomic E-state index is 0.329. The maximum atomic E-state index is 11.4. The minimum atomic E-state index is -0.882. The summed E-state index contributed by atoms with van der Waals surface area (Å²) in [6.07, 6.45) is 6.36. The molecular formula is C16H22N2O2. The Hall–Kier alpha value is -1.58. The van der Waals surface area contributed by atoms with Crippen molar-refractivity contribution in [2.24, 2.45) is 5.41 Å². The Morgan fingerprint density at radius 1 is 1.45 bits per heavy atom. The molecule has 1 saturated carbocycles. The molecule has 1 fully saturated rings. The van der Waals surface area contributed by atoms with Crippen LogP contribution in [0, 0.1) is 5.41 Å². The van der Waals surface area contributed by atoms with Crippen LogP contribution < -0.4 is 5.32 Å². The molecule has 20 heavy (non-hydrogen) atoms. The van der Waals surface area contributed by atoms with Gasteiger partial charge in [0, 0.05) is 11.7 Å². The summed E-state index contributed by atoms with van der Waals surface area (Å²) in [4.78, 5) is 16.0.